The van der Waals surface area contributed by atoms with Gasteiger partial charge in [0, 0.05) is 30.9 Å². The van der Waals surface area contributed by atoms with Crippen molar-refractivity contribution < 1.29 is 9.53 Å². The first-order chi connectivity index (χ1) is 7.70. The van der Waals surface area contributed by atoms with Gasteiger partial charge in [-0.25, -0.2) is 0 Å². The number of nitrogens with zero attached hydrogens (tertiary/aromatic N) is 1. The minimum atomic E-state index is 0.218. The number of anilines is 1. The monoisotopic (exact) mass is 217 g/mol. The van der Waals surface area contributed by atoms with Gasteiger partial charge in [0.25, 0.3) is 0 Å². The van der Waals surface area contributed by atoms with Crippen molar-refractivity contribution in [2.24, 2.45) is 0 Å². The van der Waals surface area contributed by atoms with Crippen molar-refractivity contribution in [2.75, 3.05) is 19.1 Å². The number of carbonyl (C=O) groups is 1. The van der Waals surface area contributed by atoms with E-state index in [0.717, 1.165) is 23.6 Å². The van der Waals surface area contributed by atoms with Crippen LogP contribution < -0.4 is 9.64 Å². The second-order valence-corrected chi connectivity index (χ2v) is 3.86. The van der Waals surface area contributed by atoms with Crippen molar-refractivity contribution >= 4 is 11.5 Å². The zero-order valence-corrected chi connectivity index (χ0v) is 9.56. The summed E-state index contributed by atoms with van der Waals surface area (Å²) in [7, 11) is 3.63. The molecule has 0 radical (unpaired) electrons. The molecule has 3 nitrogen and oxygen atoms in total. The van der Waals surface area contributed by atoms with Gasteiger partial charge >= 0.3 is 0 Å². The van der Waals surface area contributed by atoms with Crippen molar-refractivity contribution in [1.29, 1.82) is 0 Å². The molecule has 0 bridgehead atoms. The van der Waals surface area contributed by atoms with Crippen LogP contribution in [-0.2, 0) is 4.79 Å². The molecule has 0 spiro atoms. The molecule has 16 heavy (non-hydrogen) atoms. The number of methoxy groups -OCH3 is 1. The van der Waals surface area contributed by atoms with Crippen LogP contribution in [0.5, 0.6) is 5.75 Å². The first-order valence-corrected chi connectivity index (χ1v) is 5.32. The highest BCUT2D eigenvalue weighted by Gasteiger charge is 2.16. The summed E-state index contributed by atoms with van der Waals surface area (Å²) in [5.74, 6) is 1.06. The molecule has 0 saturated heterocycles. The maximum Gasteiger partial charge on any atom is 0.157 e. The second-order valence-electron chi connectivity index (χ2n) is 3.86. The Labute approximate surface area is 95.3 Å². The fourth-order valence-electron chi connectivity index (χ4n) is 1.82. The van der Waals surface area contributed by atoms with E-state index >= 15 is 0 Å². The number of ketones is 1. The largest absolute Gasteiger partial charge is 0.497 e. The van der Waals surface area contributed by atoms with Crippen molar-refractivity contribution in [1.82, 2.24) is 0 Å². The molecule has 0 heterocycles. The minimum Gasteiger partial charge on any atom is -0.497 e. The van der Waals surface area contributed by atoms with E-state index in [1.165, 1.54) is 0 Å². The van der Waals surface area contributed by atoms with E-state index in [2.05, 4.69) is 0 Å². The SMILES string of the molecule is COc1ccc(N(C)C2=CC(=O)CC2)cc1. The highest BCUT2D eigenvalue weighted by molar-refractivity contribution is 5.93. The Bertz CT molecular complexity index is 420. The van der Waals surface area contributed by atoms with Gasteiger partial charge in [-0.2, -0.15) is 0 Å². The second kappa shape index (κ2) is 4.39. The van der Waals surface area contributed by atoms with Crippen LogP contribution >= 0.6 is 0 Å². The van der Waals surface area contributed by atoms with Gasteiger partial charge in [-0.1, -0.05) is 0 Å². The molecule has 0 N–H and O–H groups in total. The lowest BCUT2D eigenvalue weighted by Crippen LogP contribution is -2.14. The van der Waals surface area contributed by atoms with Gasteiger partial charge in [0.05, 0.1) is 7.11 Å². The van der Waals surface area contributed by atoms with E-state index in [1.807, 2.05) is 36.2 Å². The third-order valence-corrected chi connectivity index (χ3v) is 2.85. The van der Waals surface area contributed by atoms with Crippen LogP contribution in [0, 0.1) is 0 Å². The summed E-state index contributed by atoms with van der Waals surface area (Å²) in [5.41, 5.74) is 2.15. The van der Waals surface area contributed by atoms with Crippen LogP contribution in [0.15, 0.2) is 36.0 Å². The molecule has 0 aliphatic heterocycles. The highest BCUT2D eigenvalue weighted by Crippen LogP contribution is 2.25. The number of ether oxygens (including phenoxy) is 1. The Morgan fingerprint density at radius 2 is 1.88 bits per heavy atom. The van der Waals surface area contributed by atoms with Crippen LogP contribution in [0.25, 0.3) is 0 Å². The average molecular weight is 217 g/mol. The predicted octanol–water partition coefficient (Wildman–Crippen LogP) is 2.38. The van der Waals surface area contributed by atoms with E-state index < -0.39 is 0 Å². The lowest BCUT2D eigenvalue weighted by Gasteiger charge is -2.20. The Morgan fingerprint density at radius 3 is 2.38 bits per heavy atom. The van der Waals surface area contributed by atoms with Crippen molar-refractivity contribution in [3.63, 3.8) is 0 Å². The molecule has 0 unspecified atom stereocenters. The van der Waals surface area contributed by atoms with Gasteiger partial charge in [0.2, 0.25) is 0 Å². The lowest BCUT2D eigenvalue weighted by molar-refractivity contribution is -0.114. The van der Waals surface area contributed by atoms with E-state index in [0.29, 0.717) is 6.42 Å². The molecule has 0 fully saturated rings. The molecule has 0 saturated carbocycles. The maximum atomic E-state index is 11.2. The highest BCUT2D eigenvalue weighted by atomic mass is 16.5. The molecule has 2 rings (SSSR count). The van der Waals surface area contributed by atoms with Gasteiger partial charge in [0.1, 0.15) is 5.75 Å². The van der Waals surface area contributed by atoms with Crippen LogP contribution in [-0.4, -0.2) is 19.9 Å². The summed E-state index contributed by atoms with van der Waals surface area (Å²) in [5, 5.41) is 0. The van der Waals surface area contributed by atoms with Gasteiger partial charge in [-0.3, -0.25) is 4.79 Å². The van der Waals surface area contributed by atoms with E-state index in [-0.39, 0.29) is 5.78 Å². The third-order valence-electron chi connectivity index (χ3n) is 2.85. The van der Waals surface area contributed by atoms with Crippen LogP contribution in [0.4, 0.5) is 5.69 Å². The average Bonchev–Trinajstić information content (AvgIpc) is 2.75. The zero-order chi connectivity index (χ0) is 11.5. The number of allylic oxidation sites excluding steroid dienone is 2. The summed E-state index contributed by atoms with van der Waals surface area (Å²) in [6.45, 7) is 0. The van der Waals surface area contributed by atoms with Crippen molar-refractivity contribution in [3.8, 4) is 5.75 Å². The van der Waals surface area contributed by atoms with Crippen LogP contribution in [0.2, 0.25) is 0 Å². The van der Waals surface area contributed by atoms with E-state index in [1.54, 1.807) is 13.2 Å². The zero-order valence-electron chi connectivity index (χ0n) is 9.56. The molecule has 1 aromatic carbocycles. The predicted molar refractivity (Wildman–Crippen MR) is 63.7 cm³/mol. The first kappa shape index (κ1) is 10.7. The van der Waals surface area contributed by atoms with Crippen LogP contribution in [0.1, 0.15) is 12.8 Å². The molecule has 1 aliphatic rings. The number of carbonyl (C=O) groups excluding carboxylic acids is 1. The molecule has 0 aromatic heterocycles. The summed E-state index contributed by atoms with van der Waals surface area (Å²) in [4.78, 5) is 13.2. The number of rotatable bonds is 3. The number of benzene rings is 1. The first-order valence-electron chi connectivity index (χ1n) is 5.32. The summed E-state index contributed by atoms with van der Waals surface area (Å²) >= 11 is 0. The minimum absolute atomic E-state index is 0.218. The smallest absolute Gasteiger partial charge is 0.157 e. The lowest BCUT2D eigenvalue weighted by atomic mass is 10.2. The normalized spacial score (nSPS) is 14.9. The van der Waals surface area contributed by atoms with Gasteiger partial charge in [0.15, 0.2) is 5.78 Å². The van der Waals surface area contributed by atoms with Gasteiger partial charge in [-0.15, -0.1) is 0 Å². The Hall–Kier alpha value is -1.77. The standard InChI is InChI=1S/C13H15NO2/c1-14(11-3-6-12(15)9-11)10-4-7-13(16-2)8-5-10/h4-5,7-9H,3,6H2,1-2H3. The van der Waals surface area contributed by atoms with Gasteiger partial charge < -0.3 is 9.64 Å². The van der Waals surface area contributed by atoms with Crippen LogP contribution in [0.3, 0.4) is 0 Å². The molecule has 0 atom stereocenters. The fraction of sp³-hybridized carbons (Fsp3) is 0.308. The third kappa shape index (κ3) is 2.08. The number of hydrogen-bond donors (Lipinski definition) is 0. The molecule has 0 amide bonds. The maximum absolute atomic E-state index is 11.2. The molecule has 3 heteroatoms. The quantitative estimate of drug-likeness (QED) is 0.778. The molecule has 1 aromatic rings. The molecule has 1 aliphatic carbocycles. The van der Waals surface area contributed by atoms with Gasteiger partial charge in [-0.05, 0) is 30.7 Å². The van der Waals surface area contributed by atoms with E-state index in [4.69, 9.17) is 4.74 Å². The topological polar surface area (TPSA) is 29.5 Å². The molecular weight excluding hydrogens is 202 g/mol. The summed E-state index contributed by atoms with van der Waals surface area (Å²) in [6.07, 6.45) is 3.20. The Balaban J connectivity index is 2.17. The molecular formula is C13H15NO2. The van der Waals surface area contributed by atoms with E-state index in [9.17, 15) is 4.79 Å². The van der Waals surface area contributed by atoms with Crippen molar-refractivity contribution in [2.45, 2.75) is 12.8 Å². The number of hydrogen-bond acceptors (Lipinski definition) is 3. The van der Waals surface area contributed by atoms with Crippen molar-refractivity contribution in [3.05, 3.63) is 36.0 Å². The molecule has 84 valence electrons. The Morgan fingerprint density at radius 1 is 1.19 bits per heavy atom. The Kier molecular flexibility index (Phi) is 2.95. The summed E-state index contributed by atoms with van der Waals surface area (Å²) < 4.78 is 5.10. The summed E-state index contributed by atoms with van der Waals surface area (Å²) in [6, 6.07) is 7.82. The fourth-order valence-corrected chi connectivity index (χ4v) is 1.82.